The van der Waals surface area contributed by atoms with Gasteiger partial charge in [0.15, 0.2) is 5.82 Å². The molecule has 3 fully saturated rings. The van der Waals surface area contributed by atoms with E-state index in [1.165, 1.54) is 49.5 Å². The Morgan fingerprint density at radius 3 is 2.67 bits per heavy atom. The first-order valence-corrected chi connectivity index (χ1v) is 16.6. The van der Waals surface area contributed by atoms with Gasteiger partial charge in [0, 0.05) is 46.9 Å². The molecule has 5 heterocycles. The van der Waals surface area contributed by atoms with Gasteiger partial charge in [-0.2, -0.15) is 5.26 Å². The van der Waals surface area contributed by atoms with Gasteiger partial charge in [0.1, 0.15) is 16.4 Å². The van der Waals surface area contributed by atoms with Crippen LogP contribution in [0.5, 0.6) is 0 Å². The Bertz CT molecular complexity index is 2200. The molecule has 6 aromatic rings. The van der Waals surface area contributed by atoms with Crippen LogP contribution in [0, 0.1) is 28.9 Å². The molecule has 46 heavy (non-hydrogen) atoms. The first-order valence-electron chi connectivity index (χ1n) is 15.4. The number of nitriles is 1. The van der Waals surface area contributed by atoms with Gasteiger partial charge < -0.3 is 14.9 Å². The summed E-state index contributed by atoms with van der Waals surface area (Å²) in [5.41, 5.74) is 2.92. The molecule has 2 bridgehead atoms. The Kier molecular flexibility index (Phi) is 8.05. The van der Waals surface area contributed by atoms with Crippen LogP contribution >= 0.6 is 11.8 Å². The summed E-state index contributed by atoms with van der Waals surface area (Å²) in [6.07, 6.45) is 9.78. The van der Waals surface area contributed by atoms with Crippen molar-refractivity contribution in [3.05, 3.63) is 100 Å². The zero-order chi connectivity index (χ0) is 31.9. The fraction of sp³-hybridized carbons (Fsp3) is 0.278. The van der Waals surface area contributed by atoms with Crippen LogP contribution in [0.25, 0.3) is 43.7 Å². The van der Waals surface area contributed by atoms with Crippen molar-refractivity contribution in [3.8, 4) is 17.2 Å². The van der Waals surface area contributed by atoms with Gasteiger partial charge in [-0.05, 0) is 91.1 Å². The van der Waals surface area contributed by atoms with Crippen molar-refractivity contribution >= 4 is 44.3 Å². The van der Waals surface area contributed by atoms with Gasteiger partial charge in [0.25, 0.3) is 5.56 Å². The number of aromatic nitrogens is 4. The van der Waals surface area contributed by atoms with Crippen LogP contribution in [0.1, 0.15) is 43.5 Å². The van der Waals surface area contributed by atoms with Crippen molar-refractivity contribution < 1.29 is 8.78 Å². The molecule has 3 aromatic heterocycles. The first kappa shape index (κ1) is 30.1. The number of hydrogen-bond acceptors (Lipinski definition) is 6. The van der Waals surface area contributed by atoms with Gasteiger partial charge in [-0.15, -0.1) is 11.8 Å². The maximum Gasteiger partial charge on any atom is 0.269 e. The lowest BCUT2D eigenvalue weighted by atomic mass is 9.87. The van der Waals surface area contributed by atoms with Crippen LogP contribution in [0.15, 0.2) is 76.9 Å². The lowest BCUT2D eigenvalue weighted by molar-refractivity contribution is 0.372. The second kappa shape index (κ2) is 12.3. The molecule has 3 aromatic carbocycles. The predicted molar refractivity (Wildman–Crippen MR) is 179 cm³/mol. The van der Waals surface area contributed by atoms with Crippen LogP contribution in [-0.4, -0.2) is 38.4 Å². The number of nitrogens with zero attached hydrogens (tertiary/aromatic N) is 4. The van der Waals surface area contributed by atoms with Crippen molar-refractivity contribution in [1.82, 2.24) is 24.8 Å². The van der Waals surface area contributed by atoms with Crippen LogP contribution in [0.4, 0.5) is 8.78 Å². The summed E-state index contributed by atoms with van der Waals surface area (Å²) >= 11 is 1.40. The summed E-state index contributed by atoms with van der Waals surface area (Å²) in [7, 11) is 0. The van der Waals surface area contributed by atoms with Gasteiger partial charge in [-0.3, -0.25) is 9.78 Å². The van der Waals surface area contributed by atoms with E-state index in [0.717, 1.165) is 28.4 Å². The molecule has 3 aliphatic rings. The monoisotopic (exact) mass is 634 g/mol. The van der Waals surface area contributed by atoms with Crippen molar-refractivity contribution in [2.75, 3.05) is 12.8 Å². The number of aryl methyl sites for hydroxylation is 1. The molecule has 1 aliphatic carbocycles. The van der Waals surface area contributed by atoms with Crippen LogP contribution in [0.2, 0.25) is 0 Å². The SMILES string of the molecule is C1NC2CC1C2.CSc1nc2c(F)c(-c3cccc4ccc(F)cc34)c(CCC#N)cc2c2[nH]c(C(C)n3ccncc3=O)cc12. The molecule has 2 aliphatic heterocycles. The smallest absolute Gasteiger partial charge is 0.269 e. The lowest BCUT2D eigenvalue weighted by Crippen LogP contribution is -2.23. The summed E-state index contributed by atoms with van der Waals surface area (Å²) in [4.78, 5) is 24.5. The summed E-state index contributed by atoms with van der Waals surface area (Å²) in [5, 5.41) is 16.2. The fourth-order valence-corrected chi connectivity index (χ4v) is 7.33. The summed E-state index contributed by atoms with van der Waals surface area (Å²) < 4.78 is 32.6. The van der Waals surface area contributed by atoms with E-state index in [9.17, 15) is 14.4 Å². The number of rotatable bonds is 6. The van der Waals surface area contributed by atoms with Crippen molar-refractivity contribution in [1.29, 1.82) is 5.26 Å². The topological polar surface area (TPSA) is 99.4 Å². The Morgan fingerprint density at radius 2 is 1.98 bits per heavy atom. The molecule has 0 amide bonds. The van der Waals surface area contributed by atoms with E-state index in [1.807, 2.05) is 37.4 Å². The minimum atomic E-state index is -0.519. The predicted octanol–water partition coefficient (Wildman–Crippen LogP) is 7.53. The largest absolute Gasteiger partial charge is 0.356 e. The maximum absolute atomic E-state index is 16.7. The number of aromatic amines is 1. The molecule has 1 atom stereocenters. The number of pyridine rings is 1. The molecule has 1 unspecified atom stereocenters. The normalized spacial score (nSPS) is 17.5. The highest BCUT2D eigenvalue weighted by Gasteiger charge is 2.35. The third-order valence-corrected chi connectivity index (χ3v) is 9.94. The average molecular weight is 635 g/mol. The number of halogens is 2. The quantitative estimate of drug-likeness (QED) is 0.184. The molecule has 2 saturated heterocycles. The summed E-state index contributed by atoms with van der Waals surface area (Å²) in [6, 6.07) is 16.5. The second-order valence-corrected chi connectivity index (χ2v) is 12.8. The Labute approximate surface area is 268 Å². The molecule has 232 valence electrons. The molecule has 0 spiro atoms. The van der Waals surface area contributed by atoms with Gasteiger partial charge >= 0.3 is 0 Å². The zero-order valence-corrected chi connectivity index (χ0v) is 26.3. The molecule has 10 heteroatoms. The van der Waals surface area contributed by atoms with Crippen molar-refractivity contribution in [3.63, 3.8) is 0 Å². The Hall–Kier alpha value is -4.59. The Balaban J connectivity index is 0.000000499. The fourth-order valence-electron chi connectivity index (χ4n) is 6.76. The van der Waals surface area contributed by atoms with E-state index in [-0.39, 0.29) is 23.5 Å². The van der Waals surface area contributed by atoms with E-state index < -0.39 is 11.6 Å². The molecule has 0 radical (unpaired) electrons. The summed E-state index contributed by atoms with van der Waals surface area (Å²) in [6.45, 7) is 3.21. The molecule has 9 rings (SSSR count). The van der Waals surface area contributed by atoms with Crippen LogP contribution in [0.3, 0.4) is 0 Å². The number of fused-ring (bicyclic) bond motifs is 5. The highest BCUT2D eigenvalue weighted by Crippen LogP contribution is 2.41. The molecule has 2 N–H and O–H groups in total. The number of nitrogens with one attached hydrogen (secondary N) is 2. The van der Waals surface area contributed by atoms with E-state index in [0.29, 0.717) is 44.4 Å². The minimum Gasteiger partial charge on any atom is -0.356 e. The third-order valence-electron chi connectivity index (χ3n) is 9.24. The van der Waals surface area contributed by atoms with Gasteiger partial charge in [0.2, 0.25) is 0 Å². The molecular weight excluding hydrogens is 603 g/mol. The van der Waals surface area contributed by atoms with Crippen molar-refractivity contribution in [2.24, 2.45) is 5.92 Å². The van der Waals surface area contributed by atoms with E-state index in [2.05, 4.69) is 21.4 Å². The Morgan fingerprint density at radius 1 is 1.13 bits per heavy atom. The molecule has 1 saturated carbocycles. The van der Waals surface area contributed by atoms with Crippen molar-refractivity contribution in [2.45, 2.75) is 49.7 Å². The highest BCUT2D eigenvalue weighted by molar-refractivity contribution is 7.98. The zero-order valence-electron chi connectivity index (χ0n) is 25.5. The average Bonchev–Trinajstić information content (AvgIpc) is 3.82. The molecular formula is C36H32F2N6OS. The second-order valence-electron chi connectivity index (χ2n) is 12.0. The van der Waals surface area contributed by atoms with E-state index in [1.54, 1.807) is 29.1 Å². The van der Waals surface area contributed by atoms with Crippen LogP contribution < -0.4 is 10.9 Å². The third kappa shape index (κ3) is 5.33. The summed E-state index contributed by atoms with van der Waals surface area (Å²) in [5.74, 6) is 0.148. The van der Waals surface area contributed by atoms with Crippen LogP contribution in [-0.2, 0) is 6.42 Å². The van der Waals surface area contributed by atoms with Gasteiger partial charge in [0.05, 0.1) is 23.8 Å². The van der Waals surface area contributed by atoms with Gasteiger partial charge in [-0.25, -0.2) is 13.8 Å². The standard InChI is InChI=1S/C31H23F2N5OS.C5H9N/c1-17(38-12-11-35-16-26(38)39)25-15-24-29(36-25)23-13-19(6-4-10-34)27(28(33)30(23)37-31(24)40-2)21-7-3-5-18-8-9-20(32)14-22(18)21;1-4-2-5(1)6-3-4/h3,5,7-9,11-17,36H,4,6H2,1-2H3;4-6H,1-3H2. The van der Waals surface area contributed by atoms with Gasteiger partial charge in [-0.1, -0.05) is 24.3 Å². The first-order chi connectivity index (χ1) is 22.4. The number of benzene rings is 3. The number of H-pyrrole nitrogens is 1. The minimum absolute atomic E-state index is 0.183. The molecule has 7 nitrogen and oxygen atoms in total. The van der Waals surface area contributed by atoms with E-state index >= 15 is 4.39 Å². The number of hydrogen-bond donors (Lipinski definition) is 2. The number of thioether (sulfide) groups is 1. The maximum atomic E-state index is 16.7. The van der Waals surface area contributed by atoms with E-state index in [4.69, 9.17) is 4.98 Å². The highest BCUT2D eigenvalue weighted by atomic mass is 32.2. The lowest BCUT2D eigenvalue weighted by Gasteiger charge is -2.19.